The summed E-state index contributed by atoms with van der Waals surface area (Å²) in [4.78, 5) is 6.00. The SMILES string of the molecule is CN(CCC#N)c1ncc(N)s1. The zero-order valence-corrected chi connectivity index (χ0v) is 7.64. The van der Waals surface area contributed by atoms with E-state index in [0.29, 0.717) is 18.0 Å². The van der Waals surface area contributed by atoms with Crippen LogP contribution in [0.3, 0.4) is 0 Å². The molecule has 0 saturated carbocycles. The van der Waals surface area contributed by atoms with Crippen LogP contribution in [0.2, 0.25) is 0 Å². The Morgan fingerprint density at radius 2 is 2.58 bits per heavy atom. The molecular weight excluding hydrogens is 172 g/mol. The molecule has 1 aromatic rings. The van der Waals surface area contributed by atoms with E-state index >= 15 is 0 Å². The average Bonchev–Trinajstić information content (AvgIpc) is 2.47. The summed E-state index contributed by atoms with van der Waals surface area (Å²) in [7, 11) is 1.90. The molecular formula is C7H10N4S. The van der Waals surface area contributed by atoms with Crippen molar-refractivity contribution in [3.05, 3.63) is 6.20 Å². The summed E-state index contributed by atoms with van der Waals surface area (Å²) in [5.41, 5.74) is 5.51. The molecule has 4 nitrogen and oxygen atoms in total. The quantitative estimate of drug-likeness (QED) is 0.759. The largest absolute Gasteiger partial charge is 0.389 e. The average molecular weight is 182 g/mol. The highest BCUT2D eigenvalue weighted by Crippen LogP contribution is 2.22. The number of nitrogens with two attached hydrogens (primary N) is 1. The molecule has 12 heavy (non-hydrogen) atoms. The van der Waals surface area contributed by atoms with E-state index in [2.05, 4.69) is 11.1 Å². The van der Waals surface area contributed by atoms with Crippen molar-refractivity contribution < 1.29 is 0 Å². The van der Waals surface area contributed by atoms with E-state index in [9.17, 15) is 0 Å². The van der Waals surface area contributed by atoms with Crippen molar-refractivity contribution in [1.29, 1.82) is 5.26 Å². The minimum absolute atomic E-state index is 0.510. The molecule has 0 atom stereocenters. The highest BCUT2D eigenvalue weighted by Gasteiger charge is 2.03. The van der Waals surface area contributed by atoms with Gasteiger partial charge >= 0.3 is 0 Å². The van der Waals surface area contributed by atoms with Gasteiger partial charge in [0.2, 0.25) is 0 Å². The Morgan fingerprint density at radius 3 is 3.08 bits per heavy atom. The zero-order valence-electron chi connectivity index (χ0n) is 6.82. The Labute approximate surface area is 75.2 Å². The lowest BCUT2D eigenvalue weighted by molar-refractivity contribution is 0.899. The minimum Gasteiger partial charge on any atom is -0.389 e. The van der Waals surface area contributed by atoms with Crippen LogP contribution in [0.5, 0.6) is 0 Å². The number of rotatable bonds is 3. The van der Waals surface area contributed by atoms with Crippen LogP contribution >= 0.6 is 11.3 Å². The number of hydrogen-bond acceptors (Lipinski definition) is 5. The van der Waals surface area contributed by atoms with Gasteiger partial charge < -0.3 is 10.6 Å². The number of nitrogen functional groups attached to an aromatic ring is 1. The van der Waals surface area contributed by atoms with Crippen LogP contribution in [0.1, 0.15) is 6.42 Å². The van der Waals surface area contributed by atoms with Gasteiger partial charge in [0, 0.05) is 13.6 Å². The molecule has 1 heterocycles. The van der Waals surface area contributed by atoms with Gasteiger partial charge in [-0.2, -0.15) is 5.26 Å². The molecule has 64 valence electrons. The Kier molecular flexibility index (Phi) is 2.88. The van der Waals surface area contributed by atoms with Crippen molar-refractivity contribution in [3.8, 4) is 6.07 Å². The number of anilines is 2. The van der Waals surface area contributed by atoms with E-state index in [1.54, 1.807) is 6.20 Å². The first-order valence-corrected chi connectivity index (χ1v) is 4.35. The third kappa shape index (κ3) is 2.10. The first-order valence-electron chi connectivity index (χ1n) is 3.53. The predicted octanol–water partition coefficient (Wildman–Crippen LogP) is 1.08. The standard InChI is InChI=1S/C7H10N4S/c1-11(4-2-3-8)7-10-5-6(9)12-7/h5H,2,4,9H2,1H3. The van der Waals surface area contributed by atoms with Crippen molar-refractivity contribution in [2.75, 3.05) is 24.2 Å². The number of aromatic nitrogens is 1. The van der Waals surface area contributed by atoms with Crippen LogP contribution < -0.4 is 10.6 Å². The normalized spacial score (nSPS) is 9.33. The number of nitriles is 1. The van der Waals surface area contributed by atoms with E-state index in [4.69, 9.17) is 11.0 Å². The summed E-state index contributed by atoms with van der Waals surface area (Å²) in [6, 6.07) is 2.08. The smallest absolute Gasteiger partial charge is 0.187 e. The molecule has 2 N–H and O–H groups in total. The topological polar surface area (TPSA) is 65.9 Å². The van der Waals surface area contributed by atoms with Gasteiger partial charge in [-0.1, -0.05) is 11.3 Å². The zero-order chi connectivity index (χ0) is 8.97. The van der Waals surface area contributed by atoms with Crippen molar-refractivity contribution >= 4 is 21.5 Å². The second-order valence-corrected chi connectivity index (χ2v) is 3.42. The maximum atomic E-state index is 8.35. The molecule has 0 aliphatic carbocycles. The summed E-state index contributed by atoms with van der Waals surface area (Å²) in [6.07, 6.45) is 2.14. The van der Waals surface area contributed by atoms with Crippen molar-refractivity contribution in [3.63, 3.8) is 0 Å². The first kappa shape index (κ1) is 8.81. The summed E-state index contributed by atoms with van der Waals surface area (Å²) in [5, 5.41) is 9.92. The lowest BCUT2D eigenvalue weighted by Crippen LogP contribution is -2.17. The molecule has 0 saturated heterocycles. The molecule has 0 fully saturated rings. The van der Waals surface area contributed by atoms with E-state index < -0.39 is 0 Å². The van der Waals surface area contributed by atoms with Crippen LogP contribution in [0.4, 0.5) is 10.1 Å². The minimum atomic E-state index is 0.510. The summed E-state index contributed by atoms with van der Waals surface area (Å²) < 4.78 is 0. The Hall–Kier alpha value is -1.28. The van der Waals surface area contributed by atoms with Crippen molar-refractivity contribution in [2.45, 2.75) is 6.42 Å². The van der Waals surface area contributed by atoms with Gasteiger partial charge in [-0.15, -0.1) is 0 Å². The highest BCUT2D eigenvalue weighted by molar-refractivity contribution is 7.19. The molecule has 0 bridgehead atoms. The second-order valence-electron chi connectivity index (χ2n) is 2.37. The van der Waals surface area contributed by atoms with Crippen molar-refractivity contribution in [1.82, 2.24) is 4.98 Å². The molecule has 0 spiro atoms. The molecule has 0 aliphatic rings. The van der Waals surface area contributed by atoms with Crippen LogP contribution in [-0.2, 0) is 0 Å². The Morgan fingerprint density at radius 1 is 1.83 bits per heavy atom. The Bertz CT molecular complexity index is 288. The van der Waals surface area contributed by atoms with Crippen molar-refractivity contribution in [2.24, 2.45) is 0 Å². The van der Waals surface area contributed by atoms with Gasteiger partial charge in [-0.25, -0.2) is 4.98 Å². The van der Waals surface area contributed by atoms with Gasteiger partial charge in [-0.3, -0.25) is 0 Å². The predicted molar refractivity (Wildman–Crippen MR) is 50.0 cm³/mol. The van der Waals surface area contributed by atoms with Gasteiger partial charge in [0.25, 0.3) is 0 Å². The van der Waals surface area contributed by atoms with Gasteiger partial charge in [0.15, 0.2) is 5.13 Å². The molecule has 0 unspecified atom stereocenters. The van der Waals surface area contributed by atoms with E-state index in [0.717, 1.165) is 5.13 Å². The molecule has 1 rings (SSSR count). The lowest BCUT2D eigenvalue weighted by atomic mass is 10.4. The molecule has 0 radical (unpaired) electrons. The summed E-state index contributed by atoms with van der Waals surface area (Å²) in [5.74, 6) is 0. The lowest BCUT2D eigenvalue weighted by Gasteiger charge is -2.12. The fourth-order valence-corrected chi connectivity index (χ4v) is 1.44. The van der Waals surface area contributed by atoms with E-state index in [-0.39, 0.29) is 0 Å². The van der Waals surface area contributed by atoms with Gasteiger partial charge in [0.1, 0.15) is 5.00 Å². The molecule has 0 amide bonds. The molecule has 0 aliphatic heterocycles. The van der Waals surface area contributed by atoms with Crippen LogP contribution in [0.15, 0.2) is 6.20 Å². The number of thiazole rings is 1. The monoisotopic (exact) mass is 182 g/mol. The van der Waals surface area contributed by atoms with Crippen LogP contribution in [-0.4, -0.2) is 18.6 Å². The van der Waals surface area contributed by atoms with Gasteiger partial charge in [-0.05, 0) is 0 Å². The van der Waals surface area contributed by atoms with Crippen LogP contribution in [0, 0.1) is 11.3 Å². The van der Waals surface area contributed by atoms with E-state index in [1.165, 1.54) is 11.3 Å². The molecule has 0 aromatic carbocycles. The summed E-state index contributed by atoms with van der Waals surface area (Å²) in [6.45, 7) is 0.698. The number of hydrogen-bond donors (Lipinski definition) is 1. The molecule has 5 heteroatoms. The fraction of sp³-hybridized carbons (Fsp3) is 0.429. The maximum absolute atomic E-state index is 8.35. The maximum Gasteiger partial charge on any atom is 0.187 e. The third-order valence-corrected chi connectivity index (χ3v) is 2.34. The second kappa shape index (κ2) is 3.93. The highest BCUT2D eigenvalue weighted by atomic mass is 32.1. The third-order valence-electron chi connectivity index (χ3n) is 1.40. The van der Waals surface area contributed by atoms with Crippen LogP contribution in [0.25, 0.3) is 0 Å². The fourth-order valence-electron chi connectivity index (χ4n) is 0.767. The van der Waals surface area contributed by atoms with Gasteiger partial charge in [0.05, 0.1) is 18.7 Å². The molecule has 1 aromatic heterocycles. The van der Waals surface area contributed by atoms with E-state index in [1.807, 2.05) is 11.9 Å². The summed E-state index contributed by atoms with van der Waals surface area (Å²) >= 11 is 1.43. The first-order chi connectivity index (χ1) is 5.74. The number of nitrogens with zero attached hydrogens (tertiary/aromatic N) is 3. The Balaban J connectivity index is 2.54.